The second kappa shape index (κ2) is 6.86. The molecule has 16 heavy (non-hydrogen) atoms. The van der Waals surface area contributed by atoms with E-state index in [4.69, 9.17) is 11.6 Å². The third-order valence-electron chi connectivity index (χ3n) is 2.32. The van der Waals surface area contributed by atoms with Crippen LogP contribution in [-0.2, 0) is 6.54 Å². The van der Waals surface area contributed by atoms with E-state index >= 15 is 0 Å². The Hall–Kier alpha value is -0.610. The molecule has 0 saturated heterocycles. The lowest BCUT2D eigenvalue weighted by Gasteiger charge is -2.19. The second-order valence-electron chi connectivity index (χ2n) is 4.13. The first kappa shape index (κ1) is 13.5. The second-order valence-corrected chi connectivity index (χ2v) is 4.54. The van der Waals surface area contributed by atoms with Crippen molar-refractivity contribution in [1.29, 1.82) is 0 Å². The van der Waals surface area contributed by atoms with Crippen molar-refractivity contribution in [1.82, 2.24) is 15.3 Å². The third kappa shape index (κ3) is 4.94. The predicted octanol–water partition coefficient (Wildman–Crippen LogP) is 1.84. The van der Waals surface area contributed by atoms with Gasteiger partial charge in [0.1, 0.15) is 0 Å². The quantitative estimate of drug-likeness (QED) is 0.767. The highest BCUT2D eigenvalue weighted by molar-refractivity contribution is 6.31. The number of benzene rings is 1. The van der Waals surface area contributed by atoms with Crippen LogP contribution in [0.15, 0.2) is 24.3 Å². The van der Waals surface area contributed by atoms with Crippen LogP contribution in [0.5, 0.6) is 0 Å². The number of rotatable bonds is 6. The third-order valence-corrected chi connectivity index (χ3v) is 2.69. The molecule has 0 heterocycles. The van der Waals surface area contributed by atoms with Gasteiger partial charge in [-0.2, -0.15) is 0 Å². The molecule has 0 fully saturated rings. The first-order chi connectivity index (χ1) is 7.59. The van der Waals surface area contributed by atoms with E-state index < -0.39 is 0 Å². The van der Waals surface area contributed by atoms with Crippen molar-refractivity contribution in [3.63, 3.8) is 0 Å². The maximum atomic E-state index is 6.10. The summed E-state index contributed by atoms with van der Waals surface area (Å²) in [6.45, 7) is 2.81. The predicted molar refractivity (Wildman–Crippen MR) is 69.5 cm³/mol. The average molecular weight is 242 g/mol. The molecule has 1 aromatic rings. The molecule has 0 unspecified atom stereocenters. The summed E-state index contributed by atoms with van der Waals surface area (Å²) >= 11 is 6.10. The minimum absolute atomic E-state index is 0.843. The SMILES string of the molecule is CN(CCNN(C)C)Cc1ccccc1Cl. The number of nitrogens with zero attached hydrogens (tertiary/aromatic N) is 2. The molecule has 3 nitrogen and oxygen atoms in total. The van der Waals surface area contributed by atoms with Gasteiger partial charge in [-0.1, -0.05) is 29.8 Å². The van der Waals surface area contributed by atoms with E-state index in [1.807, 2.05) is 37.3 Å². The van der Waals surface area contributed by atoms with E-state index in [1.165, 1.54) is 5.56 Å². The number of nitrogens with one attached hydrogen (secondary N) is 1. The standard InChI is InChI=1S/C12H20ClN3/c1-15(2)14-8-9-16(3)10-11-6-4-5-7-12(11)13/h4-7,14H,8-10H2,1-3H3. The molecule has 0 aliphatic carbocycles. The van der Waals surface area contributed by atoms with Gasteiger partial charge in [0.15, 0.2) is 0 Å². The van der Waals surface area contributed by atoms with Gasteiger partial charge in [0.2, 0.25) is 0 Å². The normalized spacial score (nSPS) is 11.4. The molecule has 0 aliphatic heterocycles. The molecule has 1 aromatic carbocycles. The van der Waals surface area contributed by atoms with E-state index in [0.29, 0.717) is 0 Å². The summed E-state index contributed by atoms with van der Waals surface area (Å²) in [5.41, 5.74) is 4.41. The van der Waals surface area contributed by atoms with Gasteiger partial charge in [-0.15, -0.1) is 0 Å². The molecule has 0 amide bonds. The molecule has 0 radical (unpaired) electrons. The summed E-state index contributed by atoms with van der Waals surface area (Å²) in [4.78, 5) is 2.25. The number of hydrogen-bond acceptors (Lipinski definition) is 3. The van der Waals surface area contributed by atoms with Crippen LogP contribution in [0, 0.1) is 0 Å². The van der Waals surface area contributed by atoms with Crippen molar-refractivity contribution in [2.75, 3.05) is 34.2 Å². The molecular weight excluding hydrogens is 222 g/mol. The Morgan fingerprint density at radius 3 is 2.50 bits per heavy atom. The van der Waals surface area contributed by atoms with Crippen LogP contribution in [0.2, 0.25) is 5.02 Å². The molecule has 0 bridgehead atoms. The van der Waals surface area contributed by atoms with Crippen LogP contribution in [-0.4, -0.2) is 44.1 Å². The largest absolute Gasteiger partial charge is 0.301 e. The van der Waals surface area contributed by atoms with Gasteiger partial charge in [0, 0.05) is 38.8 Å². The minimum Gasteiger partial charge on any atom is -0.301 e. The number of halogens is 1. The van der Waals surface area contributed by atoms with E-state index in [0.717, 1.165) is 24.7 Å². The fourth-order valence-corrected chi connectivity index (χ4v) is 1.66. The maximum absolute atomic E-state index is 6.10. The summed E-state index contributed by atoms with van der Waals surface area (Å²) in [5.74, 6) is 0. The van der Waals surface area contributed by atoms with Crippen molar-refractivity contribution in [3.05, 3.63) is 34.9 Å². The maximum Gasteiger partial charge on any atom is 0.0451 e. The van der Waals surface area contributed by atoms with Gasteiger partial charge in [0.05, 0.1) is 0 Å². The lowest BCUT2D eigenvalue weighted by atomic mass is 10.2. The Morgan fingerprint density at radius 1 is 1.19 bits per heavy atom. The molecular formula is C12H20ClN3. The fraction of sp³-hybridized carbons (Fsp3) is 0.500. The molecule has 4 heteroatoms. The van der Waals surface area contributed by atoms with Gasteiger partial charge in [-0.05, 0) is 18.7 Å². The zero-order valence-electron chi connectivity index (χ0n) is 10.2. The molecule has 0 aliphatic rings. The fourth-order valence-electron chi connectivity index (χ4n) is 1.46. The monoisotopic (exact) mass is 241 g/mol. The summed E-state index contributed by atoms with van der Waals surface area (Å²) in [6.07, 6.45) is 0. The zero-order chi connectivity index (χ0) is 12.0. The minimum atomic E-state index is 0.843. The van der Waals surface area contributed by atoms with Crippen molar-refractivity contribution in [3.8, 4) is 0 Å². The Bertz CT molecular complexity index is 315. The lowest BCUT2D eigenvalue weighted by molar-refractivity contribution is 0.248. The zero-order valence-corrected chi connectivity index (χ0v) is 11.0. The molecule has 0 aromatic heterocycles. The average Bonchev–Trinajstić information content (AvgIpc) is 2.21. The van der Waals surface area contributed by atoms with Crippen molar-refractivity contribution in [2.45, 2.75) is 6.54 Å². The van der Waals surface area contributed by atoms with Crippen LogP contribution in [0.4, 0.5) is 0 Å². The molecule has 0 spiro atoms. The van der Waals surface area contributed by atoms with Crippen LogP contribution in [0.1, 0.15) is 5.56 Å². The van der Waals surface area contributed by atoms with E-state index in [9.17, 15) is 0 Å². The van der Waals surface area contributed by atoms with E-state index in [2.05, 4.69) is 23.4 Å². The Morgan fingerprint density at radius 2 is 1.88 bits per heavy atom. The summed E-state index contributed by atoms with van der Waals surface area (Å²) < 4.78 is 0. The van der Waals surface area contributed by atoms with Gasteiger partial charge < -0.3 is 4.90 Å². The Labute approximate surface area is 103 Å². The topological polar surface area (TPSA) is 18.5 Å². The lowest BCUT2D eigenvalue weighted by Crippen LogP contribution is -2.36. The Balaban J connectivity index is 2.34. The highest BCUT2D eigenvalue weighted by Crippen LogP contribution is 2.15. The highest BCUT2D eigenvalue weighted by Gasteiger charge is 2.03. The first-order valence-electron chi connectivity index (χ1n) is 5.42. The summed E-state index contributed by atoms with van der Waals surface area (Å²) in [6, 6.07) is 7.98. The number of hydrogen-bond donors (Lipinski definition) is 1. The van der Waals surface area contributed by atoms with Crippen molar-refractivity contribution >= 4 is 11.6 Å². The van der Waals surface area contributed by atoms with Crippen LogP contribution < -0.4 is 5.43 Å². The molecule has 0 atom stereocenters. The first-order valence-corrected chi connectivity index (χ1v) is 5.80. The molecule has 90 valence electrons. The molecule has 1 rings (SSSR count). The highest BCUT2D eigenvalue weighted by atomic mass is 35.5. The summed E-state index contributed by atoms with van der Waals surface area (Å²) in [7, 11) is 6.09. The van der Waals surface area contributed by atoms with Crippen LogP contribution in [0.25, 0.3) is 0 Å². The van der Waals surface area contributed by atoms with Crippen LogP contribution >= 0.6 is 11.6 Å². The van der Waals surface area contributed by atoms with Crippen molar-refractivity contribution < 1.29 is 0 Å². The molecule has 1 N–H and O–H groups in total. The van der Waals surface area contributed by atoms with E-state index in [1.54, 1.807) is 0 Å². The Kier molecular flexibility index (Phi) is 5.77. The van der Waals surface area contributed by atoms with Crippen LogP contribution in [0.3, 0.4) is 0 Å². The summed E-state index contributed by atoms with van der Waals surface area (Å²) in [5, 5.41) is 2.80. The smallest absolute Gasteiger partial charge is 0.0451 e. The van der Waals surface area contributed by atoms with E-state index in [-0.39, 0.29) is 0 Å². The van der Waals surface area contributed by atoms with Gasteiger partial charge >= 0.3 is 0 Å². The van der Waals surface area contributed by atoms with Gasteiger partial charge in [-0.3, -0.25) is 10.4 Å². The van der Waals surface area contributed by atoms with Crippen molar-refractivity contribution in [2.24, 2.45) is 0 Å². The molecule has 0 saturated carbocycles. The number of likely N-dealkylation sites (N-methyl/N-ethyl adjacent to an activating group) is 1. The van der Waals surface area contributed by atoms with Gasteiger partial charge in [-0.25, -0.2) is 0 Å². The van der Waals surface area contributed by atoms with Gasteiger partial charge in [0.25, 0.3) is 0 Å². The number of hydrazine groups is 1.